The van der Waals surface area contributed by atoms with E-state index in [9.17, 15) is 30.8 Å². The molecule has 0 spiro atoms. The normalized spacial score (nSPS) is 11.9. The molecule has 1 N–H and O–H groups in total. The van der Waals surface area contributed by atoms with Crippen LogP contribution in [0.15, 0.2) is 48.5 Å². The molecule has 0 aromatic heterocycles. The molecule has 0 unspecified atom stereocenters. The number of nitrogens with zero attached hydrogens (tertiary/aromatic N) is 1. The molecule has 0 atom stereocenters. The zero-order valence-electron chi connectivity index (χ0n) is 14.1. The topological polar surface area (TPSA) is 66.5 Å². The van der Waals surface area contributed by atoms with E-state index in [0.717, 1.165) is 34.8 Å². The number of amides is 1. The Labute approximate surface area is 153 Å². The van der Waals surface area contributed by atoms with Crippen molar-refractivity contribution in [3.63, 3.8) is 0 Å². The molecule has 146 valence electrons. The first kappa shape index (κ1) is 20.7. The highest BCUT2D eigenvalue weighted by Gasteiger charge is 2.30. The van der Waals surface area contributed by atoms with E-state index in [0.29, 0.717) is 0 Å². The second-order valence-corrected chi connectivity index (χ2v) is 7.63. The molecule has 27 heavy (non-hydrogen) atoms. The van der Waals surface area contributed by atoms with Crippen LogP contribution in [0.3, 0.4) is 0 Å². The monoisotopic (exact) mass is 404 g/mol. The van der Waals surface area contributed by atoms with Crippen molar-refractivity contribution in [3.8, 4) is 0 Å². The minimum Gasteiger partial charge on any atom is -0.350 e. The second kappa shape index (κ2) is 7.95. The van der Waals surface area contributed by atoms with Gasteiger partial charge < -0.3 is 5.32 Å². The largest absolute Gasteiger partial charge is 0.416 e. The molecule has 0 aliphatic carbocycles. The van der Waals surface area contributed by atoms with Crippen molar-refractivity contribution in [2.24, 2.45) is 0 Å². The Bertz CT molecular complexity index is 913. The van der Waals surface area contributed by atoms with Gasteiger partial charge in [0.15, 0.2) is 0 Å². The van der Waals surface area contributed by atoms with Gasteiger partial charge in [0, 0.05) is 6.54 Å². The molecular formula is C17H16F4N2O3S. The third-order valence-electron chi connectivity index (χ3n) is 3.55. The van der Waals surface area contributed by atoms with E-state index in [1.54, 1.807) is 0 Å². The van der Waals surface area contributed by atoms with E-state index in [1.807, 2.05) is 0 Å². The minimum absolute atomic E-state index is 0.0909. The number of hydrogen-bond acceptors (Lipinski definition) is 3. The number of nitrogens with one attached hydrogen (secondary N) is 1. The quantitative estimate of drug-likeness (QED) is 0.753. The molecule has 0 aliphatic heterocycles. The Balaban J connectivity index is 2.08. The van der Waals surface area contributed by atoms with Crippen LogP contribution in [-0.4, -0.2) is 27.1 Å². The second-order valence-electron chi connectivity index (χ2n) is 5.72. The average molecular weight is 404 g/mol. The van der Waals surface area contributed by atoms with Gasteiger partial charge in [0.2, 0.25) is 15.9 Å². The third kappa shape index (κ3) is 5.95. The number of carbonyl (C=O) groups excluding carboxylic acids is 1. The van der Waals surface area contributed by atoms with Crippen LogP contribution in [0.4, 0.5) is 23.2 Å². The maximum atomic E-state index is 13.0. The summed E-state index contributed by atoms with van der Waals surface area (Å²) in [4.78, 5) is 12.1. The van der Waals surface area contributed by atoms with E-state index in [-0.39, 0.29) is 17.8 Å². The average Bonchev–Trinajstić information content (AvgIpc) is 2.57. The lowest BCUT2D eigenvalue weighted by Gasteiger charge is -2.22. The Morgan fingerprint density at radius 1 is 1.11 bits per heavy atom. The van der Waals surface area contributed by atoms with Crippen molar-refractivity contribution >= 4 is 21.6 Å². The van der Waals surface area contributed by atoms with Gasteiger partial charge in [-0.25, -0.2) is 12.8 Å². The van der Waals surface area contributed by atoms with Gasteiger partial charge in [0.1, 0.15) is 12.4 Å². The standard InChI is InChI=1S/C17H16F4N2O3S/c1-27(25,26)23(15-7-5-14(18)6-8-15)11-16(24)22-10-12-3-2-4-13(9-12)17(19,20)21/h2-9H,10-11H2,1H3,(H,22,24). The van der Waals surface area contributed by atoms with Crippen LogP contribution in [0.2, 0.25) is 0 Å². The molecule has 0 bridgehead atoms. The van der Waals surface area contributed by atoms with Gasteiger partial charge in [-0.05, 0) is 42.0 Å². The first-order valence-electron chi connectivity index (χ1n) is 7.63. The third-order valence-corrected chi connectivity index (χ3v) is 4.69. The predicted molar refractivity (Wildman–Crippen MR) is 91.9 cm³/mol. The minimum atomic E-state index is -4.50. The molecule has 0 saturated heterocycles. The van der Waals surface area contributed by atoms with Gasteiger partial charge in [-0.15, -0.1) is 0 Å². The molecule has 0 heterocycles. The zero-order chi connectivity index (χ0) is 20.2. The number of carbonyl (C=O) groups is 1. The Kier molecular flexibility index (Phi) is 6.09. The van der Waals surface area contributed by atoms with Gasteiger partial charge >= 0.3 is 6.18 Å². The van der Waals surface area contributed by atoms with Gasteiger partial charge in [-0.1, -0.05) is 12.1 Å². The summed E-state index contributed by atoms with van der Waals surface area (Å²) in [6.07, 6.45) is -3.62. The van der Waals surface area contributed by atoms with E-state index < -0.39 is 40.0 Å². The van der Waals surface area contributed by atoms with Crippen molar-refractivity contribution in [1.82, 2.24) is 5.32 Å². The highest BCUT2D eigenvalue weighted by molar-refractivity contribution is 7.92. The maximum Gasteiger partial charge on any atom is 0.416 e. The number of rotatable bonds is 6. The highest BCUT2D eigenvalue weighted by Crippen LogP contribution is 2.29. The zero-order valence-corrected chi connectivity index (χ0v) is 14.9. The summed E-state index contributed by atoms with van der Waals surface area (Å²) < 4.78 is 75.7. The molecule has 0 radical (unpaired) electrons. The molecule has 1 amide bonds. The van der Waals surface area contributed by atoms with Crippen LogP contribution in [0.25, 0.3) is 0 Å². The van der Waals surface area contributed by atoms with Crippen LogP contribution >= 0.6 is 0 Å². The molecular weight excluding hydrogens is 388 g/mol. The summed E-state index contributed by atoms with van der Waals surface area (Å²) in [5.74, 6) is -1.29. The van der Waals surface area contributed by atoms with E-state index in [1.165, 1.54) is 24.3 Å². The number of benzene rings is 2. The molecule has 0 fully saturated rings. The fourth-order valence-corrected chi connectivity index (χ4v) is 3.11. The van der Waals surface area contributed by atoms with Crippen LogP contribution in [-0.2, 0) is 27.5 Å². The number of halogens is 4. The number of sulfonamides is 1. The molecule has 10 heteroatoms. The van der Waals surface area contributed by atoms with E-state index >= 15 is 0 Å². The summed E-state index contributed by atoms with van der Waals surface area (Å²) in [5, 5.41) is 2.37. The van der Waals surface area contributed by atoms with Gasteiger partial charge in [0.25, 0.3) is 0 Å². The van der Waals surface area contributed by atoms with Crippen LogP contribution in [0, 0.1) is 5.82 Å². The van der Waals surface area contributed by atoms with Crippen LogP contribution < -0.4 is 9.62 Å². The van der Waals surface area contributed by atoms with Gasteiger partial charge in [-0.3, -0.25) is 9.10 Å². The summed E-state index contributed by atoms with van der Waals surface area (Å²) in [5.41, 5.74) is -0.544. The summed E-state index contributed by atoms with van der Waals surface area (Å²) >= 11 is 0. The molecule has 0 aliphatic rings. The van der Waals surface area contributed by atoms with Crippen LogP contribution in [0.1, 0.15) is 11.1 Å². The molecule has 2 aromatic rings. The van der Waals surface area contributed by atoms with Gasteiger partial charge in [0.05, 0.1) is 17.5 Å². The Morgan fingerprint density at radius 3 is 2.30 bits per heavy atom. The summed E-state index contributed by atoms with van der Waals surface area (Å²) in [6.45, 7) is -0.798. The lowest BCUT2D eigenvalue weighted by Crippen LogP contribution is -2.40. The summed E-state index contributed by atoms with van der Waals surface area (Å²) in [7, 11) is -3.83. The molecule has 0 saturated carbocycles. The number of anilines is 1. The van der Waals surface area contributed by atoms with Crippen molar-refractivity contribution in [2.75, 3.05) is 17.1 Å². The lowest BCUT2D eigenvalue weighted by molar-refractivity contribution is -0.137. The van der Waals surface area contributed by atoms with Crippen molar-refractivity contribution in [3.05, 3.63) is 65.5 Å². The first-order chi connectivity index (χ1) is 12.5. The maximum absolute atomic E-state index is 13.0. The summed E-state index contributed by atoms with van der Waals surface area (Å²) in [6, 6.07) is 8.93. The van der Waals surface area contributed by atoms with Crippen molar-refractivity contribution in [1.29, 1.82) is 0 Å². The van der Waals surface area contributed by atoms with Crippen LogP contribution in [0.5, 0.6) is 0 Å². The number of alkyl halides is 3. The SMILES string of the molecule is CS(=O)(=O)N(CC(=O)NCc1cccc(C(F)(F)F)c1)c1ccc(F)cc1. The van der Waals surface area contributed by atoms with Gasteiger partial charge in [-0.2, -0.15) is 13.2 Å². The highest BCUT2D eigenvalue weighted by atomic mass is 32.2. The Hall–Kier alpha value is -2.62. The number of hydrogen-bond donors (Lipinski definition) is 1. The molecule has 5 nitrogen and oxygen atoms in total. The predicted octanol–water partition coefficient (Wildman–Crippen LogP) is 2.93. The Morgan fingerprint density at radius 2 is 1.74 bits per heavy atom. The van der Waals surface area contributed by atoms with Crippen molar-refractivity contribution < 1.29 is 30.8 Å². The molecule has 2 aromatic carbocycles. The van der Waals surface area contributed by atoms with Crippen molar-refractivity contribution in [2.45, 2.75) is 12.7 Å². The van der Waals surface area contributed by atoms with E-state index in [2.05, 4.69) is 5.32 Å². The lowest BCUT2D eigenvalue weighted by atomic mass is 10.1. The fourth-order valence-electron chi connectivity index (χ4n) is 2.25. The smallest absolute Gasteiger partial charge is 0.350 e. The van der Waals surface area contributed by atoms with E-state index in [4.69, 9.17) is 0 Å². The first-order valence-corrected chi connectivity index (χ1v) is 9.48. The molecule has 2 rings (SSSR count). The fraction of sp³-hybridized carbons (Fsp3) is 0.235.